The van der Waals surface area contributed by atoms with Gasteiger partial charge < -0.3 is 0 Å². The van der Waals surface area contributed by atoms with Gasteiger partial charge in [-0.25, -0.2) is 4.57 Å². The first kappa shape index (κ1) is 24.9. The Morgan fingerprint density at radius 2 is 1.15 bits per heavy atom. The van der Waals surface area contributed by atoms with Gasteiger partial charge in [0.2, 0.25) is 0 Å². The van der Waals surface area contributed by atoms with Gasteiger partial charge in [-0.3, -0.25) is 0 Å². The Bertz CT molecular complexity index is 1770. The van der Waals surface area contributed by atoms with Crippen molar-refractivity contribution in [3.63, 3.8) is 0 Å². The second-order valence-electron chi connectivity index (χ2n) is 11.5. The third-order valence-electron chi connectivity index (χ3n) is 7.79. The van der Waals surface area contributed by atoms with E-state index in [1.165, 1.54) is 55.8 Å². The summed E-state index contributed by atoms with van der Waals surface area (Å²) in [4.78, 5) is 0. The summed E-state index contributed by atoms with van der Waals surface area (Å²) in [7, 11) is 2.19. The average Bonchev–Trinajstić information content (AvgIpc) is 3.25. The monoisotopic (exact) mass is 507 g/mol. The van der Waals surface area contributed by atoms with Crippen molar-refractivity contribution in [3.8, 4) is 39.3 Å². The molecular formula is C37H35N2+. The largest absolute Gasteiger partial charge is 0.295 e. The van der Waals surface area contributed by atoms with E-state index < -0.39 is 0 Å². The van der Waals surface area contributed by atoms with E-state index in [4.69, 9.17) is 0 Å². The molecule has 2 heteroatoms. The van der Waals surface area contributed by atoms with Crippen LogP contribution in [0.5, 0.6) is 0 Å². The van der Waals surface area contributed by atoms with Crippen LogP contribution in [0.25, 0.3) is 50.4 Å². The number of hydrogen-bond acceptors (Lipinski definition) is 0. The highest BCUT2D eigenvalue weighted by molar-refractivity contribution is 5.85. The summed E-state index contributed by atoms with van der Waals surface area (Å²) < 4.78 is 4.79. The number of aryl methyl sites for hydroxylation is 2. The maximum absolute atomic E-state index is 2.44. The van der Waals surface area contributed by atoms with Gasteiger partial charge in [0.25, 0.3) is 5.82 Å². The molecule has 1 aromatic heterocycles. The second kappa shape index (κ2) is 9.71. The standard InChI is InChI=1S/C37H35N2/c1-26-16-20-31(37(2,3)4)25-33(26)36-38(5)34-23-19-30(28-14-10-7-11-15-28)24-35(34)39(36)32-21-17-29(18-22-32)27-12-8-6-9-13-27/h6-25H,1-5H3/q+1. The van der Waals surface area contributed by atoms with E-state index in [2.05, 4.69) is 165 Å². The van der Waals surface area contributed by atoms with E-state index in [0.29, 0.717) is 0 Å². The lowest BCUT2D eigenvalue weighted by Crippen LogP contribution is -2.30. The molecule has 0 fully saturated rings. The summed E-state index contributed by atoms with van der Waals surface area (Å²) in [6, 6.07) is 44.0. The number of imidazole rings is 1. The fraction of sp³-hybridized carbons (Fsp3) is 0.162. The summed E-state index contributed by atoms with van der Waals surface area (Å²) in [6.45, 7) is 9.07. The van der Waals surface area contributed by atoms with Crippen molar-refractivity contribution in [2.75, 3.05) is 0 Å². The number of rotatable bonds is 4. The van der Waals surface area contributed by atoms with Gasteiger partial charge in [0.15, 0.2) is 11.0 Å². The Morgan fingerprint density at radius 1 is 0.590 bits per heavy atom. The van der Waals surface area contributed by atoms with Gasteiger partial charge in [-0.05, 0) is 82.1 Å². The Morgan fingerprint density at radius 3 is 1.77 bits per heavy atom. The van der Waals surface area contributed by atoms with Crippen molar-refractivity contribution in [1.29, 1.82) is 0 Å². The molecule has 0 unspecified atom stereocenters. The van der Waals surface area contributed by atoms with Crippen LogP contribution in [0.4, 0.5) is 0 Å². The predicted molar refractivity (Wildman–Crippen MR) is 164 cm³/mol. The van der Waals surface area contributed by atoms with Gasteiger partial charge in [0.1, 0.15) is 5.69 Å². The van der Waals surface area contributed by atoms with Crippen LogP contribution in [-0.2, 0) is 12.5 Å². The van der Waals surface area contributed by atoms with Gasteiger partial charge in [-0.2, -0.15) is 4.57 Å². The van der Waals surface area contributed by atoms with Crippen molar-refractivity contribution >= 4 is 11.0 Å². The van der Waals surface area contributed by atoms with Crippen molar-refractivity contribution < 1.29 is 4.57 Å². The highest BCUT2D eigenvalue weighted by atomic mass is 15.2. The lowest BCUT2D eigenvalue weighted by atomic mass is 9.85. The molecule has 39 heavy (non-hydrogen) atoms. The molecule has 192 valence electrons. The molecular weight excluding hydrogens is 472 g/mol. The quantitative estimate of drug-likeness (QED) is 0.210. The van der Waals surface area contributed by atoms with Crippen molar-refractivity contribution in [1.82, 2.24) is 4.57 Å². The Hall–Kier alpha value is -4.43. The molecule has 0 aliphatic heterocycles. The first-order valence-corrected chi connectivity index (χ1v) is 13.7. The minimum atomic E-state index is 0.0652. The SMILES string of the molecule is Cc1ccc(C(C)(C)C)cc1-c1n(-c2ccc(-c3ccccc3)cc2)c2cc(-c3ccccc3)ccc2[n+]1C. The summed E-state index contributed by atoms with van der Waals surface area (Å²) >= 11 is 0. The molecule has 0 atom stereocenters. The first-order chi connectivity index (χ1) is 18.8. The number of hydrogen-bond donors (Lipinski definition) is 0. The molecule has 0 aliphatic carbocycles. The maximum Gasteiger partial charge on any atom is 0.295 e. The normalized spacial score (nSPS) is 11.7. The Labute approximate surface area is 231 Å². The molecule has 0 radical (unpaired) electrons. The van der Waals surface area contributed by atoms with E-state index in [1.54, 1.807) is 0 Å². The zero-order chi connectivity index (χ0) is 27.1. The lowest BCUT2D eigenvalue weighted by Gasteiger charge is -2.20. The molecule has 0 spiro atoms. The molecule has 0 N–H and O–H groups in total. The number of nitrogens with zero attached hydrogens (tertiary/aromatic N) is 2. The summed E-state index contributed by atoms with van der Waals surface area (Å²) in [5, 5.41) is 0. The molecule has 0 bridgehead atoms. The van der Waals surface area contributed by atoms with Crippen molar-refractivity contribution in [2.24, 2.45) is 7.05 Å². The topological polar surface area (TPSA) is 8.81 Å². The predicted octanol–water partition coefficient (Wildman–Crippen LogP) is 9.06. The number of aromatic nitrogens is 2. The van der Waals surface area contributed by atoms with Crippen LogP contribution in [-0.4, -0.2) is 4.57 Å². The van der Waals surface area contributed by atoms with Gasteiger partial charge >= 0.3 is 0 Å². The van der Waals surface area contributed by atoms with Crippen LogP contribution in [0, 0.1) is 6.92 Å². The van der Waals surface area contributed by atoms with E-state index in [-0.39, 0.29) is 5.41 Å². The van der Waals surface area contributed by atoms with Crippen molar-refractivity contribution in [3.05, 3.63) is 132 Å². The first-order valence-electron chi connectivity index (χ1n) is 13.7. The van der Waals surface area contributed by atoms with E-state index >= 15 is 0 Å². The van der Waals surface area contributed by atoms with Gasteiger partial charge in [0, 0.05) is 0 Å². The van der Waals surface area contributed by atoms with Crippen LogP contribution in [0.3, 0.4) is 0 Å². The Balaban J connectivity index is 1.63. The molecule has 2 nitrogen and oxygen atoms in total. The smallest absolute Gasteiger partial charge is 0.225 e. The molecule has 5 aromatic carbocycles. The molecule has 0 saturated heterocycles. The minimum Gasteiger partial charge on any atom is -0.225 e. The van der Waals surface area contributed by atoms with Crippen LogP contribution in [0.15, 0.2) is 121 Å². The average molecular weight is 508 g/mol. The third kappa shape index (κ3) is 4.57. The van der Waals surface area contributed by atoms with Gasteiger partial charge in [-0.15, -0.1) is 0 Å². The van der Waals surface area contributed by atoms with Crippen LogP contribution in [0.2, 0.25) is 0 Å². The third-order valence-corrected chi connectivity index (χ3v) is 7.79. The van der Waals surface area contributed by atoms with Crippen molar-refractivity contribution in [2.45, 2.75) is 33.1 Å². The van der Waals surface area contributed by atoms with Crippen LogP contribution < -0.4 is 4.57 Å². The van der Waals surface area contributed by atoms with Gasteiger partial charge in [0.05, 0.1) is 12.6 Å². The van der Waals surface area contributed by atoms with Crippen LogP contribution in [0.1, 0.15) is 31.9 Å². The zero-order valence-electron chi connectivity index (χ0n) is 23.4. The number of benzene rings is 5. The Kier molecular flexibility index (Phi) is 6.19. The fourth-order valence-electron chi connectivity index (χ4n) is 5.50. The van der Waals surface area contributed by atoms with E-state index in [9.17, 15) is 0 Å². The van der Waals surface area contributed by atoms with E-state index in [0.717, 1.165) is 5.69 Å². The minimum absolute atomic E-state index is 0.0652. The van der Waals surface area contributed by atoms with E-state index in [1.807, 2.05) is 0 Å². The van der Waals surface area contributed by atoms with Gasteiger partial charge in [-0.1, -0.05) is 106 Å². The molecule has 1 heterocycles. The molecule has 0 amide bonds. The highest BCUT2D eigenvalue weighted by Crippen LogP contribution is 2.35. The highest BCUT2D eigenvalue weighted by Gasteiger charge is 2.28. The summed E-state index contributed by atoms with van der Waals surface area (Å²) in [5.74, 6) is 1.19. The summed E-state index contributed by atoms with van der Waals surface area (Å²) in [5.41, 5.74) is 12.4. The lowest BCUT2D eigenvalue weighted by molar-refractivity contribution is -0.633. The van der Waals surface area contributed by atoms with Crippen LogP contribution >= 0.6 is 0 Å². The fourth-order valence-corrected chi connectivity index (χ4v) is 5.50. The molecule has 6 rings (SSSR count). The number of fused-ring (bicyclic) bond motifs is 1. The maximum atomic E-state index is 2.44. The molecule has 6 aromatic rings. The summed E-state index contributed by atoms with van der Waals surface area (Å²) in [6.07, 6.45) is 0. The second-order valence-corrected chi connectivity index (χ2v) is 11.5. The zero-order valence-corrected chi connectivity index (χ0v) is 23.4. The molecule has 0 saturated carbocycles. The molecule has 0 aliphatic rings.